The number of aryl methyl sites for hydroxylation is 4. The molecule has 0 saturated heterocycles. The number of para-hydroxylation sites is 2. The molecule has 0 bridgehead atoms. The second-order valence-electron chi connectivity index (χ2n) is 31.3. The SMILES string of the molecule is CCCCCCCCC1(CCCCCCCC)c2cc(N(c3ccc4c(c3)C(C)(C)c3cc(-c5cccc(C)c5)c5oc6ccccc6c5c3-4)c3c(C)cc(C)cc3C)ccc2-c2cc3c(cc21)-c1c(ccc2oc4ccccc4c12)C3(CCCCCCCC)CCCCCCCC. The van der Waals surface area contributed by atoms with Crippen molar-refractivity contribution in [3.8, 4) is 44.5 Å². The normalized spacial score (nSPS) is 14.4. The largest absolute Gasteiger partial charge is 0.456 e. The van der Waals surface area contributed by atoms with Crippen LogP contribution in [0.15, 0.2) is 160 Å². The number of unbranched alkanes of at least 4 members (excludes halogenated alkanes) is 20. The minimum absolute atomic E-state index is 0.0946. The van der Waals surface area contributed by atoms with Crippen molar-refractivity contribution in [3.05, 3.63) is 207 Å². The average Bonchev–Trinajstić information content (AvgIpc) is 1.53. The van der Waals surface area contributed by atoms with Crippen molar-refractivity contribution in [1.29, 1.82) is 0 Å². The van der Waals surface area contributed by atoms with Crippen LogP contribution in [0.3, 0.4) is 0 Å². The summed E-state index contributed by atoms with van der Waals surface area (Å²) in [4.78, 5) is 2.69. The predicted molar refractivity (Wildman–Crippen MR) is 422 cm³/mol. The first kappa shape index (κ1) is 67.6. The maximum atomic E-state index is 7.00. The Balaban J connectivity index is 0.982. The zero-order chi connectivity index (χ0) is 67.7. The lowest BCUT2D eigenvalue weighted by atomic mass is 9.68. The van der Waals surface area contributed by atoms with Crippen molar-refractivity contribution >= 4 is 60.9 Å². The number of rotatable bonds is 32. The first-order valence-electron chi connectivity index (χ1n) is 39.2. The molecule has 0 radical (unpaired) electrons. The van der Waals surface area contributed by atoms with Gasteiger partial charge in [0.05, 0.1) is 5.69 Å². The lowest BCUT2D eigenvalue weighted by Gasteiger charge is -2.35. The number of anilines is 3. The minimum Gasteiger partial charge on any atom is -0.456 e. The van der Waals surface area contributed by atoms with E-state index in [-0.39, 0.29) is 16.2 Å². The molecule has 0 aliphatic heterocycles. The van der Waals surface area contributed by atoms with Crippen LogP contribution in [-0.4, -0.2) is 0 Å². The van der Waals surface area contributed by atoms with Crippen molar-refractivity contribution in [1.82, 2.24) is 0 Å². The van der Waals surface area contributed by atoms with E-state index in [9.17, 15) is 0 Å². The van der Waals surface area contributed by atoms with E-state index < -0.39 is 0 Å². The van der Waals surface area contributed by atoms with Gasteiger partial charge in [-0.25, -0.2) is 0 Å². The summed E-state index contributed by atoms with van der Waals surface area (Å²) in [6.45, 7) is 23.6. The molecule has 2 heterocycles. The molecule has 0 spiro atoms. The van der Waals surface area contributed by atoms with E-state index in [4.69, 9.17) is 8.83 Å². The molecule has 0 saturated carbocycles. The molecule has 3 nitrogen and oxygen atoms in total. The molecular weight excluding hydrogens is 1190 g/mol. The van der Waals surface area contributed by atoms with Gasteiger partial charge in [-0.05, 0) is 197 Å². The van der Waals surface area contributed by atoms with Crippen LogP contribution in [-0.2, 0) is 16.2 Å². The van der Waals surface area contributed by atoms with Gasteiger partial charge in [0.15, 0.2) is 0 Å². The number of hydrogen-bond donors (Lipinski definition) is 0. The summed E-state index contributed by atoms with van der Waals surface area (Å²) < 4.78 is 13.9. The van der Waals surface area contributed by atoms with E-state index in [0.717, 1.165) is 40.7 Å². The molecule has 3 heteroatoms. The number of benzene rings is 9. The van der Waals surface area contributed by atoms with Crippen LogP contribution < -0.4 is 4.90 Å². The minimum atomic E-state index is -0.315. The smallest absolute Gasteiger partial charge is 0.143 e. The summed E-state index contributed by atoms with van der Waals surface area (Å²) in [5.41, 5.74) is 32.2. The van der Waals surface area contributed by atoms with Crippen LogP contribution in [0.1, 0.15) is 277 Å². The van der Waals surface area contributed by atoms with Gasteiger partial charge in [-0.3, -0.25) is 0 Å². The summed E-state index contributed by atoms with van der Waals surface area (Å²) >= 11 is 0. The zero-order valence-corrected chi connectivity index (χ0v) is 61.5. The monoisotopic (exact) mass is 1300 g/mol. The number of fused-ring (bicyclic) bond motifs is 17. The number of furan rings is 2. The van der Waals surface area contributed by atoms with Gasteiger partial charge in [-0.1, -0.05) is 298 Å². The third kappa shape index (κ3) is 12.2. The maximum absolute atomic E-state index is 7.00. The summed E-state index contributed by atoms with van der Waals surface area (Å²) in [7, 11) is 0. The molecule has 0 fully saturated rings. The fourth-order valence-electron chi connectivity index (χ4n) is 19.2. The van der Waals surface area contributed by atoms with E-state index in [1.165, 1.54) is 278 Å². The molecule has 9 aromatic carbocycles. The van der Waals surface area contributed by atoms with Crippen molar-refractivity contribution in [2.45, 2.75) is 265 Å². The van der Waals surface area contributed by atoms with Gasteiger partial charge in [0.25, 0.3) is 0 Å². The van der Waals surface area contributed by atoms with E-state index in [1.54, 1.807) is 22.3 Å². The lowest BCUT2D eigenvalue weighted by molar-refractivity contribution is 0.394. The molecule has 0 amide bonds. The van der Waals surface area contributed by atoms with Gasteiger partial charge in [-0.15, -0.1) is 0 Å². The highest BCUT2D eigenvalue weighted by Crippen LogP contribution is 2.64. The third-order valence-electron chi connectivity index (χ3n) is 24.1. The molecule has 14 rings (SSSR count). The summed E-state index contributed by atoms with van der Waals surface area (Å²) in [6, 6.07) is 60.0. The zero-order valence-electron chi connectivity index (χ0n) is 61.5. The Hall–Kier alpha value is -7.62. The second-order valence-corrected chi connectivity index (χ2v) is 31.3. The summed E-state index contributed by atoms with van der Waals surface area (Å²) in [5.74, 6) is 0. The molecule has 508 valence electrons. The molecule has 2 aromatic heterocycles. The Morgan fingerprint density at radius 1 is 0.327 bits per heavy atom. The maximum Gasteiger partial charge on any atom is 0.143 e. The lowest BCUT2D eigenvalue weighted by Crippen LogP contribution is -2.27. The van der Waals surface area contributed by atoms with E-state index in [0.29, 0.717) is 0 Å². The highest BCUT2D eigenvalue weighted by Gasteiger charge is 2.49. The van der Waals surface area contributed by atoms with Crippen LogP contribution in [0, 0.1) is 27.7 Å². The van der Waals surface area contributed by atoms with E-state index >= 15 is 0 Å². The van der Waals surface area contributed by atoms with Crippen molar-refractivity contribution in [2.24, 2.45) is 0 Å². The molecule has 0 unspecified atom stereocenters. The van der Waals surface area contributed by atoms with E-state index in [2.05, 4.69) is 226 Å². The molecule has 0 atom stereocenters. The topological polar surface area (TPSA) is 29.5 Å². The third-order valence-corrected chi connectivity index (χ3v) is 24.1. The molecule has 3 aliphatic carbocycles. The highest BCUT2D eigenvalue weighted by atomic mass is 16.3. The predicted octanol–water partition coefficient (Wildman–Crippen LogP) is 29.7. The molecule has 0 N–H and O–H groups in total. The van der Waals surface area contributed by atoms with Crippen LogP contribution in [0.4, 0.5) is 17.1 Å². The summed E-state index contributed by atoms with van der Waals surface area (Å²) in [5, 5.41) is 4.99. The second kappa shape index (κ2) is 28.9. The van der Waals surface area contributed by atoms with Gasteiger partial charge in [-0.2, -0.15) is 0 Å². The van der Waals surface area contributed by atoms with Crippen LogP contribution in [0.2, 0.25) is 0 Å². The van der Waals surface area contributed by atoms with Crippen LogP contribution in [0.25, 0.3) is 88.4 Å². The first-order chi connectivity index (χ1) is 47.8. The van der Waals surface area contributed by atoms with E-state index in [1.807, 2.05) is 0 Å². The summed E-state index contributed by atoms with van der Waals surface area (Å²) in [6.07, 6.45) is 35.7. The fraction of sp³-hybridized carbons (Fsp3) is 0.432. The average molecular weight is 1300 g/mol. The van der Waals surface area contributed by atoms with Gasteiger partial charge >= 0.3 is 0 Å². The Kier molecular flexibility index (Phi) is 19.9. The highest BCUT2D eigenvalue weighted by molar-refractivity contribution is 6.19. The Morgan fingerprint density at radius 2 is 0.796 bits per heavy atom. The number of nitrogens with zero attached hydrogens (tertiary/aromatic N) is 1. The molecule has 3 aliphatic rings. The van der Waals surface area contributed by atoms with Gasteiger partial charge in [0.1, 0.15) is 22.3 Å². The van der Waals surface area contributed by atoms with Gasteiger partial charge in [0, 0.05) is 54.7 Å². The Labute approximate surface area is 588 Å². The van der Waals surface area contributed by atoms with Gasteiger partial charge in [0.2, 0.25) is 0 Å². The quantitative estimate of drug-likeness (QED) is 0.0394. The first-order valence-corrected chi connectivity index (χ1v) is 39.2. The molecule has 11 aromatic rings. The van der Waals surface area contributed by atoms with Crippen LogP contribution >= 0.6 is 0 Å². The Bertz CT molecular complexity index is 4630. The van der Waals surface area contributed by atoms with Crippen molar-refractivity contribution < 1.29 is 8.83 Å². The molecular formula is C95H111NO2. The van der Waals surface area contributed by atoms with Gasteiger partial charge < -0.3 is 13.7 Å². The van der Waals surface area contributed by atoms with Crippen LogP contribution in [0.5, 0.6) is 0 Å². The standard InChI is InChI=1S/C95H111NO2/c1-11-15-19-23-27-35-52-94(53-36-28-24-20-16-12-2)78-50-51-86-89(73-42-31-33-44-84(73)97-86)88(78)77-63-81-76(62-82(77)94)71-48-46-70(60-80(71)95(81,54-37-29-25-21-17-13-3)55-38-30-26-22-18-14-4)96(91-66(7)56-65(6)57-67(91)8)69-47-49-72-79(59-69)93(9,10)83-61-75(68-41-39-40-64(5)58-68)92-90(87(72)83)74-43-32-34-45-85(74)98-92/h31-34,39-51,56-63H,11-30,35-38,52-55H2,1-10H3. The Morgan fingerprint density at radius 3 is 1.38 bits per heavy atom. The van der Waals surface area contributed by atoms with Crippen molar-refractivity contribution in [2.75, 3.05) is 4.90 Å². The van der Waals surface area contributed by atoms with Crippen molar-refractivity contribution in [3.63, 3.8) is 0 Å². The molecule has 98 heavy (non-hydrogen) atoms. The fourth-order valence-corrected chi connectivity index (χ4v) is 19.2. The number of hydrogen-bond acceptors (Lipinski definition) is 3.